The van der Waals surface area contributed by atoms with E-state index in [0.717, 1.165) is 10.3 Å². The molecule has 5 nitrogen and oxygen atoms in total. The highest BCUT2D eigenvalue weighted by Gasteiger charge is 2.15. The number of rotatable bonds is 7. The molecule has 0 aliphatic heterocycles. The van der Waals surface area contributed by atoms with Gasteiger partial charge in [0.15, 0.2) is 0 Å². The predicted octanol–water partition coefficient (Wildman–Crippen LogP) is 3.84. The molecule has 4 rings (SSSR count). The molecule has 0 amide bonds. The van der Waals surface area contributed by atoms with Gasteiger partial charge in [0.25, 0.3) is 5.56 Å². The van der Waals surface area contributed by atoms with Gasteiger partial charge < -0.3 is 9.84 Å². The van der Waals surface area contributed by atoms with E-state index in [2.05, 4.69) is 5.10 Å². The molecule has 2 aromatic carbocycles. The van der Waals surface area contributed by atoms with E-state index in [4.69, 9.17) is 4.74 Å². The first kappa shape index (κ1) is 19.4. The maximum absolute atomic E-state index is 13.6. The van der Waals surface area contributed by atoms with Crippen LogP contribution in [0.15, 0.2) is 70.8 Å². The van der Waals surface area contributed by atoms with Gasteiger partial charge >= 0.3 is 0 Å². The van der Waals surface area contributed by atoms with E-state index in [1.165, 1.54) is 22.1 Å². The largest absolute Gasteiger partial charge is 0.389 e. The van der Waals surface area contributed by atoms with Crippen LogP contribution in [0, 0.1) is 5.82 Å². The van der Waals surface area contributed by atoms with Crippen molar-refractivity contribution in [3.63, 3.8) is 0 Å². The van der Waals surface area contributed by atoms with Gasteiger partial charge in [0, 0.05) is 10.9 Å². The van der Waals surface area contributed by atoms with E-state index < -0.39 is 6.10 Å². The van der Waals surface area contributed by atoms with Gasteiger partial charge in [-0.05, 0) is 23.6 Å². The topological polar surface area (TPSA) is 64.4 Å². The summed E-state index contributed by atoms with van der Waals surface area (Å²) in [4.78, 5) is 13.8. The van der Waals surface area contributed by atoms with Gasteiger partial charge in [-0.3, -0.25) is 4.79 Å². The zero-order valence-corrected chi connectivity index (χ0v) is 16.3. The SMILES string of the molecule is O=c1c2ccccc2c(-c2cccs2)nn1C[C@H](O)COCc1ccccc1F. The van der Waals surface area contributed by atoms with Gasteiger partial charge in [0.1, 0.15) is 11.5 Å². The molecule has 29 heavy (non-hydrogen) atoms. The number of halogens is 1. The Labute approximate surface area is 170 Å². The van der Waals surface area contributed by atoms with Crippen molar-refractivity contribution in [3.8, 4) is 10.6 Å². The quantitative estimate of drug-likeness (QED) is 0.503. The molecule has 1 atom stereocenters. The molecular formula is C22H19FN2O3S. The monoisotopic (exact) mass is 410 g/mol. The number of aliphatic hydroxyl groups excluding tert-OH is 1. The Morgan fingerprint density at radius 2 is 1.83 bits per heavy atom. The zero-order chi connectivity index (χ0) is 20.2. The van der Waals surface area contributed by atoms with Gasteiger partial charge in [-0.25, -0.2) is 9.07 Å². The lowest BCUT2D eigenvalue weighted by Crippen LogP contribution is -2.31. The molecule has 0 bridgehead atoms. The summed E-state index contributed by atoms with van der Waals surface area (Å²) in [5.41, 5.74) is 0.851. The van der Waals surface area contributed by atoms with Crippen molar-refractivity contribution in [2.24, 2.45) is 0 Å². The number of hydrogen-bond donors (Lipinski definition) is 1. The molecule has 2 heterocycles. The van der Waals surface area contributed by atoms with Crippen LogP contribution in [-0.2, 0) is 17.9 Å². The third kappa shape index (κ3) is 4.27. The first-order chi connectivity index (χ1) is 14.1. The van der Waals surface area contributed by atoms with Crippen LogP contribution >= 0.6 is 11.3 Å². The fourth-order valence-electron chi connectivity index (χ4n) is 3.13. The Morgan fingerprint density at radius 1 is 1.07 bits per heavy atom. The van der Waals surface area contributed by atoms with E-state index in [1.807, 2.05) is 29.6 Å². The van der Waals surface area contributed by atoms with E-state index in [-0.39, 0.29) is 31.1 Å². The second-order valence-corrected chi connectivity index (χ2v) is 7.57. The molecule has 0 saturated heterocycles. The highest BCUT2D eigenvalue weighted by molar-refractivity contribution is 7.13. The average molecular weight is 410 g/mol. The number of benzene rings is 2. The molecule has 4 aromatic rings. The fourth-order valence-corrected chi connectivity index (χ4v) is 3.85. The molecule has 0 spiro atoms. The van der Waals surface area contributed by atoms with Crippen LogP contribution in [0.2, 0.25) is 0 Å². The summed E-state index contributed by atoms with van der Waals surface area (Å²) in [5.74, 6) is -0.352. The summed E-state index contributed by atoms with van der Waals surface area (Å²) in [5, 5.41) is 18.1. The Morgan fingerprint density at radius 3 is 2.59 bits per heavy atom. The van der Waals surface area contributed by atoms with Crippen molar-refractivity contribution in [3.05, 3.63) is 87.8 Å². The van der Waals surface area contributed by atoms with Crippen LogP contribution in [-0.4, -0.2) is 27.6 Å². The van der Waals surface area contributed by atoms with E-state index in [0.29, 0.717) is 16.6 Å². The lowest BCUT2D eigenvalue weighted by atomic mass is 10.1. The molecule has 0 aliphatic rings. The summed E-state index contributed by atoms with van der Waals surface area (Å²) < 4.78 is 20.3. The van der Waals surface area contributed by atoms with Crippen LogP contribution in [0.25, 0.3) is 21.3 Å². The van der Waals surface area contributed by atoms with Crippen LogP contribution in [0.1, 0.15) is 5.56 Å². The van der Waals surface area contributed by atoms with Crippen molar-refractivity contribution in [2.45, 2.75) is 19.3 Å². The van der Waals surface area contributed by atoms with Crippen LogP contribution in [0.4, 0.5) is 4.39 Å². The fraction of sp³-hybridized carbons (Fsp3) is 0.182. The minimum Gasteiger partial charge on any atom is -0.389 e. The summed E-state index contributed by atoms with van der Waals surface area (Å²) >= 11 is 1.54. The highest BCUT2D eigenvalue weighted by Crippen LogP contribution is 2.28. The van der Waals surface area contributed by atoms with E-state index in [1.54, 1.807) is 30.3 Å². The molecule has 0 aliphatic carbocycles. The lowest BCUT2D eigenvalue weighted by Gasteiger charge is -2.15. The van der Waals surface area contributed by atoms with Gasteiger partial charge in [0.05, 0.1) is 36.1 Å². The third-order valence-corrected chi connectivity index (χ3v) is 5.41. The standard InChI is InChI=1S/C22H19FN2O3S/c23-19-9-4-1-6-15(19)13-28-14-16(26)12-25-22(27)18-8-3-2-7-17(18)21(24-25)20-10-5-11-29-20/h1-11,16,26H,12-14H2/t16-/m0/s1. The summed E-state index contributed by atoms with van der Waals surface area (Å²) in [6, 6.07) is 17.5. The smallest absolute Gasteiger partial charge is 0.274 e. The van der Waals surface area contributed by atoms with Gasteiger partial charge in [-0.2, -0.15) is 5.10 Å². The second kappa shape index (κ2) is 8.65. The Kier molecular flexibility index (Phi) is 5.80. The Balaban J connectivity index is 1.54. The first-order valence-electron chi connectivity index (χ1n) is 9.16. The Hall–Kier alpha value is -2.87. The number of hydrogen-bond acceptors (Lipinski definition) is 5. The van der Waals surface area contributed by atoms with Gasteiger partial charge in [-0.1, -0.05) is 42.5 Å². The molecule has 0 saturated carbocycles. The highest BCUT2D eigenvalue weighted by atomic mass is 32.1. The van der Waals surface area contributed by atoms with E-state index in [9.17, 15) is 14.3 Å². The summed E-state index contributed by atoms with van der Waals surface area (Å²) in [7, 11) is 0. The van der Waals surface area contributed by atoms with Gasteiger partial charge in [0.2, 0.25) is 0 Å². The molecule has 1 N–H and O–H groups in total. The van der Waals surface area contributed by atoms with Crippen LogP contribution in [0.5, 0.6) is 0 Å². The predicted molar refractivity (Wildman–Crippen MR) is 111 cm³/mol. The number of thiophene rings is 1. The number of aliphatic hydroxyl groups is 1. The zero-order valence-electron chi connectivity index (χ0n) is 15.5. The van der Waals surface area contributed by atoms with Crippen LogP contribution in [0.3, 0.4) is 0 Å². The minimum absolute atomic E-state index is 0.0146. The molecular weight excluding hydrogens is 391 g/mol. The lowest BCUT2D eigenvalue weighted by molar-refractivity contribution is 0.0173. The number of nitrogens with zero attached hydrogens (tertiary/aromatic N) is 2. The summed E-state index contributed by atoms with van der Waals surface area (Å²) in [6.07, 6.45) is -0.954. The van der Waals surface area contributed by atoms with Crippen molar-refractivity contribution in [1.82, 2.24) is 9.78 Å². The maximum atomic E-state index is 13.6. The second-order valence-electron chi connectivity index (χ2n) is 6.62. The average Bonchev–Trinajstić information content (AvgIpc) is 3.26. The summed E-state index contributed by atoms with van der Waals surface area (Å²) in [6.45, 7) is -0.00679. The van der Waals surface area contributed by atoms with Crippen molar-refractivity contribution in [1.29, 1.82) is 0 Å². The Bertz CT molecular complexity index is 1170. The normalized spacial score (nSPS) is 12.3. The molecule has 0 unspecified atom stereocenters. The van der Waals surface area contributed by atoms with Crippen LogP contribution < -0.4 is 5.56 Å². The van der Waals surface area contributed by atoms with Crippen molar-refractivity contribution in [2.75, 3.05) is 6.61 Å². The maximum Gasteiger partial charge on any atom is 0.274 e. The molecule has 0 radical (unpaired) electrons. The van der Waals surface area contributed by atoms with E-state index >= 15 is 0 Å². The van der Waals surface area contributed by atoms with Crippen molar-refractivity contribution >= 4 is 22.1 Å². The molecule has 0 fully saturated rings. The number of aromatic nitrogens is 2. The first-order valence-corrected chi connectivity index (χ1v) is 10.0. The molecule has 7 heteroatoms. The number of fused-ring (bicyclic) bond motifs is 1. The molecule has 148 valence electrons. The number of ether oxygens (including phenoxy) is 1. The van der Waals surface area contributed by atoms with Gasteiger partial charge in [-0.15, -0.1) is 11.3 Å². The minimum atomic E-state index is -0.954. The third-order valence-electron chi connectivity index (χ3n) is 4.53. The van der Waals surface area contributed by atoms with Crippen molar-refractivity contribution < 1.29 is 14.2 Å². The molecule has 2 aromatic heterocycles.